The summed E-state index contributed by atoms with van der Waals surface area (Å²) in [4.78, 5) is 3.07. The molecule has 0 atom stereocenters. The molecule has 0 saturated heterocycles. The van der Waals surface area contributed by atoms with Crippen molar-refractivity contribution in [1.82, 2.24) is 4.98 Å². The normalized spacial score (nSPS) is 10.5. The standard InChI is InChI=1S/C10H10ClNO2/c1-13-7-5-8(14-2)10-6(9(7)11)3-4-12-10/h3-5,12H,1-2H3. The Labute approximate surface area is 86.6 Å². The molecule has 0 fully saturated rings. The zero-order chi connectivity index (χ0) is 10.1. The summed E-state index contributed by atoms with van der Waals surface area (Å²) in [7, 11) is 3.20. The summed E-state index contributed by atoms with van der Waals surface area (Å²) in [5.41, 5.74) is 0.887. The van der Waals surface area contributed by atoms with Gasteiger partial charge in [0, 0.05) is 17.6 Å². The fourth-order valence-corrected chi connectivity index (χ4v) is 1.74. The van der Waals surface area contributed by atoms with Crippen molar-refractivity contribution in [2.45, 2.75) is 0 Å². The van der Waals surface area contributed by atoms with Gasteiger partial charge in [0.1, 0.15) is 11.5 Å². The molecule has 1 aromatic carbocycles. The van der Waals surface area contributed by atoms with Crippen molar-refractivity contribution in [3.05, 3.63) is 23.4 Å². The van der Waals surface area contributed by atoms with Crippen LogP contribution in [-0.2, 0) is 0 Å². The van der Waals surface area contributed by atoms with E-state index in [0.717, 1.165) is 16.7 Å². The van der Waals surface area contributed by atoms with Gasteiger partial charge in [-0.2, -0.15) is 0 Å². The Hall–Kier alpha value is -1.35. The molecule has 1 N–H and O–H groups in total. The zero-order valence-corrected chi connectivity index (χ0v) is 8.68. The minimum Gasteiger partial charge on any atom is -0.495 e. The second kappa shape index (κ2) is 3.42. The van der Waals surface area contributed by atoms with Crippen molar-refractivity contribution in [3.8, 4) is 11.5 Å². The van der Waals surface area contributed by atoms with Gasteiger partial charge in [0.05, 0.1) is 24.8 Å². The van der Waals surface area contributed by atoms with Gasteiger partial charge >= 0.3 is 0 Å². The number of halogens is 1. The molecule has 74 valence electrons. The van der Waals surface area contributed by atoms with Crippen LogP contribution in [0, 0.1) is 0 Å². The Morgan fingerprint density at radius 2 is 1.93 bits per heavy atom. The van der Waals surface area contributed by atoms with Gasteiger partial charge in [-0.1, -0.05) is 11.6 Å². The quantitative estimate of drug-likeness (QED) is 0.829. The maximum absolute atomic E-state index is 6.11. The molecule has 1 aromatic heterocycles. The Morgan fingerprint density at radius 3 is 2.57 bits per heavy atom. The number of aromatic amines is 1. The Morgan fingerprint density at radius 1 is 1.21 bits per heavy atom. The predicted octanol–water partition coefficient (Wildman–Crippen LogP) is 2.84. The predicted molar refractivity (Wildman–Crippen MR) is 56.4 cm³/mol. The second-order valence-electron chi connectivity index (χ2n) is 2.86. The first-order valence-corrected chi connectivity index (χ1v) is 4.53. The Kier molecular flexibility index (Phi) is 2.25. The van der Waals surface area contributed by atoms with Crippen LogP contribution in [0.25, 0.3) is 10.9 Å². The molecule has 0 radical (unpaired) electrons. The number of aromatic nitrogens is 1. The van der Waals surface area contributed by atoms with Crippen LogP contribution in [0.2, 0.25) is 5.02 Å². The highest BCUT2D eigenvalue weighted by molar-refractivity contribution is 6.37. The molecule has 1 heterocycles. The highest BCUT2D eigenvalue weighted by Gasteiger charge is 2.11. The van der Waals surface area contributed by atoms with Crippen LogP contribution in [0.4, 0.5) is 0 Å². The Balaban J connectivity index is 2.80. The molecular weight excluding hydrogens is 202 g/mol. The summed E-state index contributed by atoms with van der Waals surface area (Å²) in [6.07, 6.45) is 1.82. The van der Waals surface area contributed by atoms with Crippen LogP contribution in [0.15, 0.2) is 18.3 Å². The van der Waals surface area contributed by atoms with Gasteiger partial charge < -0.3 is 14.5 Å². The van der Waals surface area contributed by atoms with Crippen LogP contribution in [-0.4, -0.2) is 19.2 Å². The van der Waals surface area contributed by atoms with Crippen LogP contribution < -0.4 is 9.47 Å². The number of rotatable bonds is 2. The van der Waals surface area contributed by atoms with Crippen molar-refractivity contribution >= 4 is 22.5 Å². The maximum atomic E-state index is 6.11. The van der Waals surface area contributed by atoms with Crippen molar-refractivity contribution in [3.63, 3.8) is 0 Å². The maximum Gasteiger partial charge on any atom is 0.146 e. The van der Waals surface area contributed by atoms with Crippen molar-refractivity contribution in [1.29, 1.82) is 0 Å². The van der Waals surface area contributed by atoms with Crippen molar-refractivity contribution < 1.29 is 9.47 Å². The summed E-state index contributed by atoms with van der Waals surface area (Å²) >= 11 is 6.11. The van der Waals surface area contributed by atoms with Crippen LogP contribution in [0.1, 0.15) is 0 Å². The fourth-order valence-electron chi connectivity index (χ4n) is 1.45. The molecule has 14 heavy (non-hydrogen) atoms. The molecule has 0 unspecified atom stereocenters. The molecule has 2 aromatic rings. The van der Waals surface area contributed by atoms with Gasteiger partial charge in [0.25, 0.3) is 0 Å². The lowest BCUT2D eigenvalue weighted by Crippen LogP contribution is -1.89. The third kappa shape index (κ3) is 1.21. The lowest BCUT2D eigenvalue weighted by atomic mass is 10.2. The first-order chi connectivity index (χ1) is 6.77. The van der Waals surface area contributed by atoms with E-state index in [1.165, 1.54) is 0 Å². The lowest BCUT2D eigenvalue weighted by Gasteiger charge is -2.07. The number of H-pyrrole nitrogens is 1. The van der Waals surface area contributed by atoms with E-state index in [9.17, 15) is 0 Å². The van der Waals surface area contributed by atoms with Gasteiger partial charge in [-0.05, 0) is 6.07 Å². The highest BCUT2D eigenvalue weighted by atomic mass is 35.5. The first kappa shape index (κ1) is 9.21. The third-order valence-corrected chi connectivity index (χ3v) is 2.54. The van der Waals surface area contributed by atoms with Crippen LogP contribution in [0.3, 0.4) is 0 Å². The third-order valence-electron chi connectivity index (χ3n) is 2.15. The molecular formula is C10H10ClNO2. The fraction of sp³-hybridized carbons (Fsp3) is 0.200. The average Bonchev–Trinajstić information content (AvgIpc) is 2.68. The highest BCUT2D eigenvalue weighted by Crippen LogP contribution is 2.38. The zero-order valence-electron chi connectivity index (χ0n) is 7.93. The SMILES string of the molecule is COc1cc(OC)c2[nH]ccc2c1Cl. The van der Waals surface area contributed by atoms with E-state index in [4.69, 9.17) is 21.1 Å². The van der Waals surface area contributed by atoms with Crippen LogP contribution >= 0.6 is 11.6 Å². The van der Waals surface area contributed by atoms with E-state index in [0.29, 0.717) is 10.8 Å². The van der Waals surface area contributed by atoms with E-state index in [1.807, 2.05) is 12.3 Å². The van der Waals surface area contributed by atoms with E-state index in [2.05, 4.69) is 4.98 Å². The summed E-state index contributed by atoms with van der Waals surface area (Å²) in [6, 6.07) is 3.66. The van der Waals surface area contributed by atoms with Gasteiger partial charge in [-0.3, -0.25) is 0 Å². The van der Waals surface area contributed by atoms with E-state index < -0.39 is 0 Å². The summed E-state index contributed by atoms with van der Waals surface area (Å²) in [5.74, 6) is 1.35. The molecule has 0 spiro atoms. The largest absolute Gasteiger partial charge is 0.495 e. The van der Waals surface area contributed by atoms with Crippen molar-refractivity contribution in [2.75, 3.05) is 14.2 Å². The van der Waals surface area contributed by atoms with Crippen molar-refractivity contribution in [2.24, 2.45) is 0 Å². The monoisotopic (exact) mass is 211 g/mol. The first-order valence-electron chi connectivity index (χ1n) is 4.15. The number of ether oxygens (including phenoxy) is 2. The number of hydrogen-bond acceptors (Lipinski definition) is 2. The minimum absolute atomic E-state index is 0.601. The smallest absolute Gasteiger partial charge is 0.146 e. The van der Waals surface area contributed by atoms with Gasteiger partial charge in [-0.15, -0.1) is 0 Å². The molecule has 4 heteroatoms. The molecule has 2 rings (SSSR count). The summed E-state index contributed by atoms with van der Waals surface area (Å²) < 4.78 is 10.4. The number of nitrogens with one attached hydrogen (secondary N) is 1. The molecule has 0 amide bonds. The van der Waals surface area contributed by atoms with E-state index in [-0.39, 0.29) is 0 Å². The summed E-state index contributed by atoms with van der Waals surface area (Å²) in [6.45, 7) is 0. The molecule has 0 aliphatic rings. The van der Waals surface area contributed by atoms with E-state index in [1.54, 1.807) is 20.3 Å². The van der Waals surface area contributed by atoms with Crippen LogP contribution in [0.5, 0.6) is 11.5 Å². The second-order valence-corrected chi connectivity index (χ2v) is 3.24. The molecule has 3 nitrogen and oxygen atoms in total. The molecule has 0 aliphatic heterocycles. The molecule has 0 saturated carbocycles. The van der Waals surface area contributed by atoms with Gasteiger partial charge in [0.15, 0.2) is 0 Å². The molecule has 0 aliphatic carbocycles. The summed E-state index contributed by atoms with van der Waals surface area (Å²) in [5, 5.41) is 1.51. The minimum atomic E-state index is 0.601. The van der Waals surface area contributed by atoms with E-state index >= 15 is 0 Å². The lowest BCUT2D eigenvalue weighted by molar-refractivity contribution is 0.397. The number of benzene rings is 1. The average molecular weight is 212 g/mol. The number of methoxy groups -OCH3 is 2. The van der Waals surface area contributed by atoms with Gasteiger partial charge in [0.2, 0.25) is 0 Å². The number of fused-ring (bicyclic) bond motifs is 1. The molecule has 0 bridgehead atoms. The topological polar surface area (TPSA) is 34.2 Å². The number of hydrogen-bond donors (Lipinski definition) is 1. The Bertz CT molecular complexity index is 464. The van der Waals surface area contributed by atoms with Gasteiger partial charge in [-0.25, -0.2) is 0 Å².